The monoisotopic (exact) mass is 172 g/mol. The summed E-state index contributed by atoms with van der Waals surface area (Å²) in [6, 6.07) is 9.80. The zero-order valence-electron chi connectivity index (χ0n) is 7.35. The number of hydrogen-bond acceptors (Lipinski definition) is 1. The maximum Gasteiger partial charge on any atom is 0.0833 e. The van der Waals surface area contributed by atoms with E-state index in [0.717, 1.165) is 5.56 Å². The van der Waals surface area contributed by atoms with Crippen LogP contribution in [0.4, 0.5) is 0 Å². The minimum atomic E-state index is -0.537. The number of aliphatic hydroxyl groups excluding tert-OH is 1. The van der Waals surface area contributed by atoms with Crippen LogP contribution < -0.4 is 0 Å². The summed E-state index contributed by atoms with van der Waals surface area (Å²) in [5.74, 6) is 2.40. The predicted octanol–water partition coefficient (Wildman–Crippen LogP) is 2.08. The predicted molar refractivity (Wildman–Crippen MR) is 54.9 cm³/mol. The van der Waals surface area contributed by atoms with Crippen LogP contribution in [0.25, 0.3) is 6.08 Å². The fourth-order valence-electron chi connectivity index (χ4n) is 0.975. The lowest BCUT2D eigenvalue weighted by atomic mass is 10.1. The second-order valence-corrected chi connectivity index (χ2v) is 2.75. The molecule has 66 valence electrons. The van der Waals surface area contributed by atoms with Gasteiger partial charge in [0.25, 0.3) is 0 Å². The van der Waals surface area contributed by atoms with Crippen molar-refractivity contribution in [3.05, 3.63) is 42.0 Å². The van der Waals surface area contributed by atoms with E-state index in [1.807, 2.05) is 36.4 Å². The van der Waals surface area contributed by atoms with E-state index in [-0.39, 0.29) is 0 Å². The van der Waals surface area contributed by atoms with Crippen molar-refractivity contribution in [2.24, 2.45) is 0 Å². The molecule has 0 heterocycles. The Balaban J connectivity index is 2.55. The zero-order valence-corrected chi connectivity index (χ0v) is 7.35. The van der Waals surface area contributed by atoms with Crippen LogP contribution in [0.1, 0.15) is 12.0 Å². The second-order valence-electron chi connectivity index (χ2n) is 2.75. The first-order chi connectivity index (χ1) is 6.33. The molecule has 0 saturated heterocycles. The van der Waals surface area contributed by atoms with Crippen LogP contribution in [0.15, 0.2) is 36.4 Å². The molecule has 0 aliphatic carbocycles. The van der Waals surface area contributed by atoms with Crippen LogP contribution >= 0.6 is 0 Å². The summed E-state index contributed by atoms with van der Waals surface area (Å²) in [6.07, 6.45) is 8.45. The first-order valence-corrected chi connectivity index (χ1v) is 4.17. The Kier molecular flexibility index (Phi) is 3.81. The summed E-state index contributed by atoms with van der Waals surface area (Å²) in [4.78, 5) is 0. The fraction of sp³-hybridized carbons (Fsp3) is 0.167. The lowest BCUT2D eigenvalue weighted by Crippen LogP contribution is -1.98. The second kappa shape index (κ2) is 5.18. The highest BCUT2D eigenvalue weighted by molar-refractivity contribution is 5.49. The molecule has 0 aromatic heterocycles. The van der Waals surface area contributed by atoms with E-state index in [1.54, 1.807) is 6.08 Å². The summed E-state index contributed by atoms with van der Waals surface area (Å²) >= 11 is 0. The maximum absolute atomic E-state index is 9.28. The molecule has 0 aliphatic heterocycles. The summed E-state index contributed by atoms with van der Waals surface area (Å²) in [7, 11) is 0. The lowest BCUT2D eigenvalue weighted by Gasteiger charge is -1.98. The van der Waals surface area contributed by atoms with Crippen molar-refractivity contribution in [2.45, 2.75) is 12.5 Å². The molecule has 1 N–H and O–H groups in total. The number of terminal acetylenes is 1. The summed E-state index contributed by atoms with van der Waals surface area (Å²) in [6.45, 7) is 0. The Hall–Kier alpha value is -1.52. The molecule has 0 aliphatic rings. The van der Waals surface area contributed by atoms with Crippen LogP contribution in [0.5, 0.6) is 0 Å². The van der Waals surface area contributed by atoms with Gasteiger partial charge < -0.3 is 5.11 Å². The van der Waals surface area contributed by atoms with Crippen molar-refractivity contribution < 1.29 is 5.11 Å². The highest BCUT2D eigenvalue weighted by atomic mass is 16.3. The van der Waals surface area contributed by atoms with Crippen LogP contribution in [-0.2, 0) is 0 Å². The first kappa shape index (κ1) is 9.57. The van der Waals surface area contributed by atoms with Gasteiger partial charge in [-0.05, 0) is 5.56 Å². The standard InChI is InChI=1S/C12H12O/c1-2-6-12(13)10-9-11-7-4-3-5-8-11/h1,3-5,7-10,12-13H,6H2/t12-/m1/s1. The third-order valence-corrected chi connectivity index (χ3v) is 1.64. The maximum atomic E-state index is 9.28. The molecule has 1 aromatic rings. The molecule has 1 aromatic carbocycles. The van der Waals surface area contributed by atoms with Crippen molar-refractivity contribution in [1.82, 2.24) is 0 Å². The molecule has 0 unspecified atom stereocenters. The van der Waals surface area contributed by atoms with Crippen LogP contribution in [-0.4, -0.2) is 11.2 Å². The Labute approximate surface area is 78.7 Å². The van der Waals surface area contributed by atoms with Crippen LogP contribution in [0.2, 0.25) is 0 Å². The molecule has 1 atom stereocenters. The molecule has 0 amide bonds. The normalized spacial score (nSPS) is 12.6. The van der Waals surface area contributed by atoms with Gasteiger partial charge in [0.2, 0.25) is 0 Å². The van der Waals surface area contributed by atoms with E-state index >= 15 is 0 Å². The van der Waals surface area contributed by atoms with Crippen molar-refractivity contribution in [3.63, 3.8) is 0 Å². The average Bonchev–Trinajstić information content (AvgIpc) is 2.17. The Morgan fingerprint density at radius 2 is 2.08 bits per heavy atom. The zero-order chi connectivity index (χ0) is 9.52. The van der Waals surface area contributed by atoms with Crippen molar-refractivity contribution in [1.29, 1.82) is 0 Å². The molecule has 0 radical (unpaired) electrons. The highest BCUT2D eigenvalue weighted by Crippen LogP contribution is 2.02. The van der Waals surface area contributed by atoms with Crippen molar-refractivity contribution >= 4 is 6.08 Å². The van der Waals surface area contributed by atoms with E-state index in [9.17, 15) is 5.11 Å². The summed E-state index contributed by atoms with van der Waals surface area (Å²) in [5, 5.41) is 9.28. The molecule has 0 saturated carbocycles. The third-order valence-electron chi connectivity index (χ3n) is 1.64. The Morgan fingerprint density at radius 3 is 2.69 bits per heavy atom. The van der Waals surface area contributed by atoms with Gasteiger partial charge in [-0.15, -0.1) is 12.3 Å². The van der Waals surface area contributed by atoms with E-state index in [0.29, 0.717) is 6.42 Å². The number of hydrogen-bond donors (Lipinski definition) is 1. The number of aliphatic hydroxyl groups is 1. The average molecular weight is 172 g/mol. The topological polar surface area (TPSA) is 20.2 Å². The van der Waals surface area contributed by atoms with Gasteiger partial charge in [-0.25, -0.2) is 0 Å². The van der Waals surface area contributed by atoms with Gasteiger partial charge in [-0.2, -0.15) is 0 Å². The summed E-state index contributed by atoms with van der Waals surface area (Å²) in [5.41, 5.74) is 1.07. The largest absolute Gasteiger partial charge is 0.388 e. The van der Waals surface area contributed by atoms with Gasteiger partial charge in [0.05, 0.1) is 6.10 Å². The van der Waals surface area contributed by atoms with Crippen LogP contribution in [0, 0.1) is 12.3 Å². The van der Waals surface area contributed by atoms with E-state index < -0.39 is 6.10 Å². The molecule has 0 spiro atoms. The van der Waals surface area contributed by atoms with E-state index in [1.165, 1.54) is 0 Å². The van der Waals surface area contributed by atoms with Gasteiger partial charge in [0, 0.05) is 6.42 Å². The Morgan fingerprint density at radius 1 is 1.38 bits per heavy atom. The highest BCUT2D eigenvalue weighted by Gasteiger charge is 1.93. The molecular formula is C12H12O. The lowest BCUT2D eigenvalue weighted by molar-refractivity contribution is 0.230. The third kappa shape index (κ3) is 3.59. The van der Waals surface area contributed by atoms with Gasteiger partial charge in [0.15, 0.2) is 0 Å². The van der Waals surface area contributed by atoms with Crippen molar-refractivity contribution in [2.75, 3.05) is 0 Å². The Bertz CT molecular complexity index is 306. The quantitative estimate of drug-likeness (QED) is 0.692. The van der Waals surface area contributed by atoms with E-state index in [4.69, 9.17) is 6.42 Å². The van der Waals surface area contributed by atoms with Gasteiger partial charge in [0.1, 0.15) is 0 Å². The molecule has 1 heteroatoms. The molecule has 0 fully saturated rings. The number of rotatable bonds is 3. The molecule has 13 heavy (non-hydrogen) atoms. The van der Waals surface area contributed by atoms with E-state index in [2.05, 4.69) is 5.92 Å². The molecular weight excluding hydrogens is 160 g/mol. The molecule has 0 bridgehead atoms. The minimum absolute atomic E-state index is 0.364. The molecule has 1 nitrogen and oxygen atoms in total. The molecule has 1 rings (SSSR count). The van der Waals surface area contributed by atoms with Crippen LogP contribution in [0.3, 0.4) is 0 Å². The van der Waals surface area contributed by atoms with Crippen molar-refractivity contribution in [3.8, 4) is 12.3 Å². The SMILES string of the molecule is C#CC[C@@H](O)C=Cc1ccccc1. The smallest absolute Gasteiger partial charge is 0.0833 e. The number of benzene rings is 1. The van der Waals surface area contributed by atoms with Gasteiger partial charge >= 0.3 is 0 Å². The fourth-order valence-corrected chi connectivity index (χ4v) is 0.975. The first-order valence-electron chi connectivity index (χ1n) is 4.17. The van der Waals surface area contributed by atoms with Gasteiger partial charge in [-0.1, -0.05) is 42.5 Å². The summed E-state index contributed by atoms with van der Waals surface area (Å²) < 4.78 is 0. The van der Waals surface area contributed by atoms with Gasteiger partial charge in [-0.3, -0.25) is 0 Å². The minimum Gasteiger partial charge on any atom is -0.388 e.